The largest absolute Gasteiger partial charge is 0.382 e. The van der Waals surface area contributed by atoms with Crippen LogP contribution in [0.1, 0.15) is 20.8 Å². The molecule has 0 aliphatic carbocycles. The van der Waals surface area contributed by atoms with Gasteiger partial charge in [0.25, 0.3) is 5.69 Å². The standard InChI is InChI=1S/C18H14N4O4S/c19-17-16(15(24)13-3-1-2-4-14(13)22(25)26)27-18(21-17)20-12-7-5-11(6-8-12)9-10-23/h1-8,10H,9,19H2,(H,20,21). The van der Waals surface area contributed by atoms with Gasteiger partial charge in [0.15, 0.2) is 5.13 Å². The number of ketones is 1. The van der Waals surface area contributed by atoms with Gasteiger partial charge in [0.1, 0.15) is 22.5 Å². The van der Waals surface area contributed by atoms with Gasteiger partial charge in [-0.3, -0.25) is 14.9 Å². The minimum absolute atomic E-state index is 0.00299. The highest BCUT2D eigenvalue weighted by Gasteiger charge is 2.25. The highest BCUT2D eigenvalue weighted by Crippen LogP contribution is 2.31. The second-order valence-corrected chi connectivity index (χ2v) is 6.53. The predicted molar refractivity (Wildman–Crippen MR) is 103 cm³/mol. The Hall–Kier alpha value is -3.59. The molecule has 0 atom stereocenters. The number of nitrogens with two attached hydrogens (primary N) is 1. The van der Waals surface area contributed by atoms with Crippen molar-refractivity contribution < 1.29 is 14.5 Å². The van der Waals surface area contributed by atoms with Gasteiger partial charge in [-0.15, -0.1) is 0 Å². The Balaban J connectivity index is 1.85. The lowest BCUT2D eigenvalue weighted by Crippen LogP contribution is -2.06. The van der Waals surface area contributed by atoms with Crippen LogP contribution in [0.4, 0.5) is 22.3 Å². The van der Waals surface area contributed by atoms with E-state index in [-0.39, 0.29) is 21.9 Å². The van der Waals surface area contributed by atoms with E-state index in [1.54, 1.807) is 30.3 Å². The maximum absolute atomic E-state index is 12.7. The smallest absolute Gasteiger partial charge is 0.280 e. The maximum Gasteiger partial charge on any atom is 0.280 e. The molecule has 0 bridgehead atoms. The van der Waals surface area contributed by atoms with Crippen molar-refractivity contribution in [2.75, 3.05) is 11.1 Å². The van der Waals surface area contributed by atoms with Gasteiger partial charge in [0.2, 0.25) is 5.78 Å². The number of nitrogen functional groups attached to an aromatic ring is 1. The number of nitro benzene ring substituents is 1. The molecule has 0 amide bonds. The Labute approximate surface area is 157 Å². The summed E-state index contributed by atoms with van der Waals surface area (Å²) in [6.07, 6.45) is 1.16. The van der Waals surface area contributed by atoms with Crippen LogP contribution < -0.4 is 11.1 Å². The summed E-state index contributed by atoms with van der Waals surface area (Å²) in [5.74, 6) is -0.546. The van der Waals surface area contributed by atoms with Crippen molar-refractivity contribution in [2.45, 2.75) is 6.42 Å². The number of aldehydes is 1. The normalized spacial score (nSPS) is 10.4. The van der Waals surface area contributed by atoms with Gasteiger partial charge in [-0.2, -0.15) is 0 Å². The first-order chi connectivity index (χ1) is 13.0. The van der Waals surface area contributed by atoms with Gasteiger partial charge in [-0.25, -0.2) is 4.98 Å². The summed E-state index contributed by atoms with van der Waals surface area (Å²) in [4.78, 5) is 38.0. The molecule has 0 aliphatic rings. The van der Waals surface area contributed by atoms with Crippen molar-refractivity contribution in [3.8, 4) is 0 Å². The molecular formula is C18H14N4O4S. The molecule has 0 aliphatic heterocycles. The third-order valence-electron chi connectivity index (χ3n) is 3.73. The quantitative estimate of drug-likeness (QED) is 0.277. The number of nitrogens with one attached hydrogen (secondary N) is 1. The van der Waals surface area contributed by atoms with E-state index in [9.17, 15) is 19.7 Å². The van der Waals surface area contributed by atoms with Gasteiger partial charge in [-0.05, 0) is 23.8 Å². The zero-order chi connectivity index (χ0) is 19.4. The number of nitro groups is 1. The van der Waals surface area contributed by atoms with Gasteiger partial charge >= 0.3 is 0 Å². The van der Waals surface area contributed by atoms with Crippen molar-refractivity contribution in [3.63, 3.8) is 0 Å². The van der Waals surface area contributed by atoms with Crippen molar-refractivity contribution in [1.29, 1.82) is 0 Å². The predicted octanol–water partition coefficient (Wildman–Crippen LogP) is 3.35. The minimum Gasteiger partial charge on any atom is -0.382 e. The first-order valence-electron chi connectivity index (χ1n) is 7.83. The summed E-state index contributed by atoms with van der Waals surface area (Å²) in [6.45, 7) is 0. The van der Waals surface area contributed by atoms with Gasteiger partial charge in [-0.1, -0.05) is 35.6 Å². The van der Waals surface area contributed by atoms with Crippen LogP contribution in [0.5, 0.6) is 0 Å². The first kappa shape index (κ1) is 18.2. The molecule has 0 unspecified atom stereocenters. The molecule has 136 valence electrons. The van der Waals surface area contributed by atoms with Crippen LogP contribution >= 0.6 is 11.3 Å². The molecule has 27 heavy (non-hydrogen) atoms. The van der Waals surface area contributed by atoms with E-state index in [1.165, 1.54) is 18.2 Å². The monoisotopic (exact) mass is 382 g/mol. The lowest BCUT2D eigenvalue weighted by atomic mass is 10.1. The molecule has 3 aromatic rings. The molecular weight excluding hydrogens is 368 g/mol. The number of thiazole rings is 1. The number of para-hydroxylation sites is 1. The molecule has 0 radical (unpaired) electrons. The SMILES string of the molecule is Nc1nc(Nc2ccc(CC=O)cc2)sc1C(=O)c1ccccc1[N+](=O)[O-]. The molecule has 0 fully saturated rings. The molecule has 8 nitrogen and oxygen atoms in total. The molecule has 1 aromatic heterocycles. The summed E-state index contributed by atoms with van der Waals surface area (Å²) in [5, 5.41) is 14.6. The Bertz CT molecular complexity index is 1010. The van der Waals surface area contributed by atoms with Crippen molar-refractivity contribution in [1.82, 2.24) is 4.98 Å². The highest BCUT2D eigenvalue weighted by atomic mass is 32.1. The number of anilines is 3. The second kappa shape index (κ2) is 7.75. The summed E-state index contributed by atoms with van der Waals surface area (Å²) in [6, 6.07) is 12.9. The molecule has 2 aromatic carbocycles. The Morgan fingerprint density at radius 2 is 1.93 bits per heavy atom. The summed E-state index contributed by atoms with van der Waals surface area (Å²) >= 11 is 1.02. The average Bonchev–Trinajstić information content (AvgIpc) is 3.03. The molecule has 0 spiro atoms. The van der Waals surface area contributed by atoms with Crippen LogP contribution in [0.25, 0.3) is 0 Å². The lowest BCUT2D eigenvalue weighted by molar-refractivity contribution is -0.385. The number of carbonyl (C=O) groups excluding carboxylic acids is 2. The fraction of sp³-hybridized carbons (Fsp3) is 0.0556. The molecule has 0 saturated heterocycles. The van der Waals surface area contributed by atoms with Crippen LogP contribution in [0, 0.1) is 10.1 Å². The van der Waals surface area contributed by atoms with E-state index in [2.05, 4.69) is 10.3 Å². The van der Waals surface area contributed by atoms with Crippen LogP contribution in [0.3, 0.4) is 0 Å². The number of nitrogens with zero attached hydrogens (tertiary/aromatic N) is 2. The second-order valence-electron chi connectivity index (χ2n) is 5.53. The number of benzene rings is 2. The molecule has 3 N–H and O–H groups in total. The Morgan fingerprint density at radius 1 is 1.22 bits per heavy atom. The topological polar surface area (TPSA) is 128 Å². The first-order valence-corrected chi connectivity index (χ1v) is 8.65. The fourth-order valence-corrected chi connectivity index (χ4v) is 3.30. The zero-order valence-corrected chi connectivity index (χ0v) is 14.7. The third kappa shape index (κ3) is 3.98. The maximum atomic E-state index is 12.7. The molecule has 1 heterocycles. The van der Waals surface area contributed by atoms with Gasteiger partial charge < -0.3 is 15.8 Å². The molecule has 0 saturated carbocycles. The van der Waals surface area contributed by atoms with Crippen molar-refractivity contribution >= 4 is 45.7 Å². The number of rotatable bonds is 7. The van der Waals surface area contributed by atoms with Crippen LogP contribution in [0.15, 0.2) is 48.5 Å². The third-order valence-corrected chi connectivity index (χ3v) is 4.71. The number of carbonyl (C=O) groups is 2. The number of hydrogen-bond donors (Lipinski definition) is 2. The Kier molecular flexibility index (Phi) is 5.23. The number of hydrogen-bond acceptors (Lipinski definition) is 8. The van der Waals surface area contributed by atoms with Crippen molar-refractivity contribution in [2.24, 2.45) is 0 Å². The molecule has 3 rings (SSSR count). The molecule has 9 heteroatoms. The summed E-state index contributed by atoms with van der Waals surface area (Å²) in [7, 11) is 0. The van der Waals surface area contributed by atoms with E-state index in [0.29, 0.717) is 17.2 Å². The zero-order valence-electron chi connectivity index (χ0n) is 13.9. The van der Waals surface area contributed by atoms with Gasteiger partial charge in [0, 0.05) is 18.2 Å². The van der Waals surface area contributed by atoms with Gasteiger partial charge in [0.05, 0.1) is 4.92 Å². The fourth-order valence-electron chi connectivity index (χ4n) is 2.44. The van der Waals surface area contributed by atoms with E-state index in [0.717, 1.165) is 23.2 Å². The number of aromatic nitrogens is 1. The van der Waals surface area contributed by atoms with E-state index in [4.69, 9.17) is 5.73 Å². The summed E-state index contributed by atoms with van der Waals surface area (Å²) in [5.41, 5.74) is 7.12. The Morgan fingerprint density at radius 3 is 2.59 bits per heavy atom. The lowest BCUT2D eigenvalue weighted by Gasteiger charge is -2.03. The van der Waals surface area contributed by atoms with E-state index >= 15 is 0 Å². The van der Waals surface area contributed by atoms with Crippen molar-refractivity contribution in [3.05, 3.63) is 74.6 Å². The highest BCUT2D eigenvalue weighted by molar-refractivity contribution is 7.18. The van der Waals surface area contributed by atoms with Crippen LogP contribution in [-0.2, 0) is 11.2 Å². The van der Waals surface area contributed by atoms with E-state index in [1.807, 2.05) is 0 Å². The minimum atomic E-state index is -0.607. The van der Waals surface area contributed by atoms with Crippen LogP contribution in [0.2, 0.25) is 0 Å². The average molecular weight is 382 g/mol. The summed E-state index contributed by atoms with van der Waals surface area (Å²) < 4.78 is 0. The van der Waals surface area contributed by atoms with Crippen LogP contribution in [-0.4, -0.2) is 22.0 Å². The van der Waals surface area contributed by atoms with E-state index < -0.39 is 10.7 Å².